The van der Waals surface area contributed by atoms with Gasteiger partial charge in [0.1, 0.15) is 17.1 Å². The molecule has 124 valence electrons. The Labute approximate surface area is 136 Å². The number of methoxy groups -OCH3 is 1. The number of benzene rings is 1. The number of fused-ring (bicyclic) bond motifs is 3. The van der Waals surface area contributed by atoms with E-state index in [1.54, 1.807) is 7.11 Å². The Bertz CT molecular complexity index is 734. The van der Waals surface area contributed by atoms with Crippen molar-refractivity contribution in [1.82, 2.24) is 0 Å². The maximum Gasteiger partial charge on any atom is 0.188 e. The lowest BCUT2D eigenvalue weighted by Gasteiger charge is -2.24. The zero-order valence-corrected chi connectivity index (χ0v) is 14.3. The Hall–Kier alpha value is -1.81. The molecular formula is C19H24O4. The monoisotopic (exact) mass is 316 g/mol. The SMILES string of the molecule is COCOc1c(C(C)(C)C)cc2oc3c(c2c1C=O)CCCC3. The predicted octanol–water partition coefficient (Wildman–Crippen LogP) is 4.40. The molecular weight excluding hydrogens is 292 g/mol. The molecule has 1 aliphatic carbocycles. The molecule has 0 aliphatic heterocycles. The van der Waals surface area contributed by atoms with Crippen molar-refractivity contribution in [3.8, 4) is 5.75 Å². The molecule has 3 rings (SSSR count). The Morgan fingerprint density at radius 3 is 2.65 bits per heavy atom. The molecule has 1 aromatic heterocycles. The van der Waals surface area contributed by atoms with Crippen molar-refractivity contribution in [3.05, 3.63) is 28.5 Å². The van der Waals surface area contributed by atoms with Crippen LogP contribution in [0.5, 0.6) is 5.75 Å². The van der Waals surface area contributed by atoms with Gasteiger partial charge in [0, 0.05) is 30.0 Å². The number of hydrogen-bond acceptors (Lipinski definition) is 4. The van der Waals surface area contributed by atoms with Gasteiger partial charge in [0.05, 0.1) is 5.56 Å². The Morgan fingerprint density at radius 1 is 1.26 bits per heavy atom. The third-order valence-corrected chi connectivity index (χ3v) is 4.48. The molecule has 1 aromatic carbocycles. The lowest BCUT2D eigenvalue weighted by atomic mass is 9.83. The highest BCUT2D eigenvalue weighted by Gasteiger charge is 2.28. The van der Waals surface area contributed by atoms with E-state index in [1.807, 2.05) is 6.07 Å². The van der Waals surface area contributed by atoms with E-state index in [4.69, 9.17) is 13.9 Å². The lowest BCUT2D eigenvalue weighted by Crippen LogP contribution is -2.16. The van der Waals surface area contributed by atoms with Crippen molar-refractivity contribution in [2.75, 3.05) is 13.9 Å². The van der Waals surface area contributed by atoms with Crippen LogP contribution in [0.4, 0.5) is 0 Å². The van der Waals surface area contributed by atoms with Gasteiger partial charge in [-0.05, 0) is 30.7 Å². The number of aryl methyl sites for hydroxylation is 2. The second kappa shape index (κ2) is 6.00. The number of hydrogen-bond donors (Lipinski definition) is 0. The van der Waals surface area contributed by atoms with Crippen molar-refractivity contribution >= 4 is 17.3 Å². The van der Waals surface area contributed by atoms with Crippen LogP contribution in [0.2, 0.25) is 0 Å². The average Bonchev–Trinajstić information content (AvgIpc) is 2.89. The summed E-state index contributed by atoms with van der Waals surface area (Å²) >= 11 is 0. The van der Waals surface area contributed by atoms with Gasteiger partial charge in [-0.3, -0.25) is 4.79 Å². The fraction of sp³-hybridized carbons (Fsp3) is 0.526. The van der Waals surface area contributed by atoms with E-state index in [2.05, 4.69) is 20.8 Å². The van der Waals surface area contributed by atoms with Gasteiger partial charge in [-0.15, -0.1) is 0 Å². The van der Waals surface area contributed by atoms with Gasteiger partial charge < -0.3 is 13.9 Å². The van der Waals surface area contributed by atoms with Crippen LogP contribution in [0, 0.1) is 0 Å². The molecule has 0 radical (unpaired) electrons. The predicted molar refractivity (Wildman–Crippen MR) is 89.4 cm³/mol. The highest BCUT2D eigenvalue weighted by molar-refractivity contribution is 6.02. The summed E-state index contributed by atoms with van der Waals surface area (Å²) in [5, 5.41) is 0.925. The molecule has 1 heterocycles. The summed E-state index contributed by atoms with van der Waals surface area (Å²) in [6.45, 7) is 6.43. The van der Waals surface area contributed by atoms with E-state index in [9.17, 15) is 4.79 Å². The lowest BCUT2D eigenvalue weighted by molar-refractivity contribution is 0.0493. The van der Waals surface area contributed by atoms with Gasteiger partial charge in [0.25, 0.3) is 0 Å². The van der Waals surface area contributed by atoms with Crippen LogP contribution >= 0.6 is 0 Å². The van der Waals surface area contributed by atoms with Crippen molar-refractivity contribution in [3.63, 3.8) is 0 Å². The molecule has 0 N–H and O–H groups in total. The fourth-order valence-electron chi connectivity index (χ4n) is 3.38. The Balaban J connectivity index is 2.32. The highest BCUT2D eigenvalue weighted by Crippen LogP contribution is 2.42. The third kappa shape index (κ3) is 2.76. The van der Waals surface area contributed by atoms with Gasteiger partial charge in [-0.2, -0.15) is 0 Å². The smallest absolute Gasteiger partial charge is 0.188 e. The van der Waals surface area contributed by atoms with Crippen LogP contribution in [0.25, 0.3) is 11.0 Å². The molecule has 0 spiro atoms. The van der Waals surface area contributed by atoms with Crippen LogP contribution in [0.1, 0.15) is 60.9 Å². The molecule has 0 unspecified atom stereocenters. The van der Waals surface area contributed by atoms with Crippen molar-refractivity contribution in [2.45, 2.75) is 51.9 Å². The average molecular weight is 316 g/mol. The Morgan fingerprint density at radius 2 is 2.00 bits per heavy atom. The van der Waals surface area contributed by atoms with E-state index in [-0.39, 0.29) is 12.2 Å². The molecule has 2 aromatic rings. The Kier molecular flexibility index (Phi) is 4.19. The summed E-state index contributed by atoms with van der Waals surface area (Å²) < 4.78 is 16.9. The normalized spacial score (nSPS) is 14.8. The summed E-state index contributed by atoms with van der Waals surface area (Å²) in [5.74, 6) is 1.65. The second-order valence-electron chi connectivity index (χ2n) is 7.17. The molecule has 1 aliphatic rings. The van der Waals surface area contributed by atoms with Gasteiger partial charge in [-0.25, -0.2) is 0 Å². The standard InChI is InChI=1S/C19H24O4/c1-19(2,3)14-9-16-17(12-7-5-6-8-15(12)23-16)13(10-20)18(14)22-11-21-4/h9-10H,5-8,11H2,1-4H3. The zero-order valence-electron chi connectivity index (χ0n) is 14.3. The van der Waals surface area contributed by atoms with Crippen LogP contribution in [0.3, 0.4) is 0 Å². The zero-order chi connectivity index (χ0) is 16.6. The van der Waals surface area contributed by atoms with Crippen LogP contribution in [-0.4, -0.2) is 20.2 Å². The molecule has 4 nitrogen and oxygen atoms in total. The highest BCUT2D eigenvalue weighted by atomic mass is 16.7. The molecule has 0 fully saturated rings. The molecule has 0 atom stereocenters. The molecule has 0 saturated carbocycles. The van der Waals surface area contributed by atoms with E-state index in [0.717, 1.165) is 54.3 Å². The van der Waals surface area contributed by atoms with E-state index in [1.165, 1.54) is 5.56 Å². The second-order valence-corrected chi connectivity index (χ2v) is 7.17. The van der Waals surface area contributed by atoms with Crippen molar-refractivity contribution in [1.29, 1.82) is 0 Å². The van der Waals surface area contributed by atoms with E-state index in [0.29, 0.717) is 11.3 Å². The first-order valence-electron chi connectivity index (χ1n) is 8.16. The number of furan rings is 1. The minimum absolute atomic E-state index is 0.121. The molecule has 23 heavy (non-hydrogen) atoms. The van der Waals surface area contributed by atoms with Crippen molar-refractivity contribution < 1.29 is 18.7 Å². The first kappa shape index (κ1) is 16.1. The van der Waals surface area contributed by atoms with Gasteiger partial charge in [0.15, 0.2) is 13.1 Å². The van der Waals surface area contributed by atoms with E-state index < -0.39 is 0 Å². The molecule has 4 heteroatoms. The van der Waals surface area contributed by atoms with Crippen molar-refractivity contribution in [2.24, 2.45) is 0 Å². The minimum Gasteiger partial charge on any atom is -0.466 e. The van der Waals surface area contributed by atoms with Gasteiger partial charge in [0.2, 0.25) is 0 Å². The fourth-order valence-corrected chi connectivity index (χ4v) is 3.38. The summed E-state index contributed by atoms with van der Waals surface area (Å²) in [4.78, 5) is 11.9. The summed E-state index contributed by atoms with van der Waals surface area (Å²) in [6.07, 6.45) is 5.08. The van der Waals surface area contributed by atoms with Crippen LogP contribution < -0.4 is 4.74 Å². The van der Waals surface area contributed by atoms with Crippen LogP contribution in [-0.2, 0) is 23.0 Å². The number of aldehydes is 1. The van der Waals surface area contributed by atoms with Gasteiger partial charge in [-0.1, -0.05) is 20.8 Å². The van der Waals surface area contributed by atoms with E-state index >= 15 is 0 Å². The number of carbonyl (C=O) groups is 1. The summed E-state index contributed by atoms with van der Waals surface area (Å²) in [5.41, 5.74) is 3.37. The first-order valence-corrected chi connectivity index (χ1v) is 8.16. The maximum atomic E-state index is 11.9. The quantitative estimate of drug-likeness (QED) is 0.619. The summed E-state index contributed by atoms with van der Waals surface area (Å²) in [6, 6.07) is 2.03. The summed E-state index contributed by atoms with van der Waals surface area (Å²) in [7, 11) is 1.58. The largest absolute Gasteiger partial charge is 0.466 e. The first-order chi connectivity index (χ1) is 11.0. The third-order valence-electron chi connectivity index (χ3n) is 4.48. The molecule has 0 saturated heterocycles. The molecule has 0 amide bonds. The number of ether oxygens (including phenoxy) is 2. The van der Waals surface area contributed by atoms with Gasteiger partial charge >= 0.3 is 0 Å². The molecule has 0 bridgehead atoms. The maximum absolute atomic E-state index is 11.9. The van der Waals surface area contributed by atoms with Crippen LogP contribution in [0.15, 0.2) is 10.5 Å². The number of rotatable bonds is 4. The minimum atomic E-state index is -0.164. The topological polar surface area (TPSA) is 48.7 Å². The number of carbonyl (C=O) groups excluding carboxylic acids is 1.